The van der Waals surface area contributed by atoms with Gasteiger partial charge in [0.1, 0.15) is 7.85 Å². The summed E-state index contributed by atoms with van der Waals surface area (Å²) in [5.74, 6) is 0. The van der Waals surface area contributed by atoms with Gasteiger partial charge in [-0.2, -0.15) is 0 Å². The normalized spacial score (nSPS) is 10.7. The van der Waals surface area contributed by atoms with Crippen LogP contribution in [0.5, 0.6) is 0 Å². The molecule has 3 heteroatoms. The van der Waals surface area contributed by atoms with Gasteiger partial charge in [-0.05, 0) is 29.2 Å². The van der Waals surface area contributed by atoms with Gasteiger partial charge < -0.3 is 0 Å². The molecule has 0 aliphatic rings. The van der Waals surface area contributed by atoms with Crippen LogP contribution in [0.3, 0.4) is 0 Å². The average molecular weight is 219 g/mol. The third-order valence-electron chi connectivity index (χ3n) is 2.17. The fourth-order valence-electron chi connectivity index (χ4n) is 1.52. The van der Waals surface area contributed by atoms with E-state index in [4.69, 9.17) is 19.4 Å². The van der Waals surface area contributed by atoms with Gasteiger partial charge in [-0.15, -0.1) is 11.8 Å². The third-order valence-corrected chi connectivity index (χ3v) is 3.27. The average Bonchev–Trinajstić information content (AvgIpc) is 2.18. The van der Waals surface area contributed by atoms with E-state index in [1.54, 1.807) is 11.8 Å². The monoisotopic (exact) mass is 218 g/mol. The number of hydrogen-bond acceptors (Lipinski definition) is 1. The number of hydrogen-bond donors (Lipinski definition) is 0. The lowest BCUT2D eigenvalue weighted by molar-refractivity contribution is 1.61. The first-order valence-electron chi connectivity index (χ1n) is 4.24. The molecular weight excluding hydrogens is 210 g/mol. The summed E-state index contributed by atoms with van der Waals surface area (Å²) < 4.78 is 0. The topological polar surface area (TPSA) is 0 Å². The molecule has 2 rings (SSSR count). The minimum atomic E-state index is 0.759. The summed E-state index contributed by atoms with van der Waals surface area (Å²) in [5.41, 5.74) is 0.826. The van der Waals surface area contributed by atoms with Gasteiger partial charge in [0.25, 0.3) is 0 Å². The van der Waals surface area contributed by atoms with Gasteiger partial charge in [-0.1, -0.05) is 35.3 Å². The van der Waals surface area contributed by atoms with Crippen LogP contribution >= 0.6 is 23.4 Å². The van der Waals surface area contributed by atoms with E-state index in [1.165, 1.54) is 5.39 Å². The van der Waals surface area contributed by atoms with Gasteiger partial charge in [0.05, 0.1) is 0 Å². The summed E-state index contributed by atoms with van der Waals surface area (Å²) in [7, 11) is 5.88. The predicted octanol–water partition coefficient (Wildman–Crippen LogP) is 3.01. The summed E-state index contributed by atoms with van der Waals surface area (Å²) in [4.78, 5) is 1.12. The maximum Gasteiger partial charge on any atom is 0.115 e. The quantitative estimate of drug-likeness (QED) is 0.524. The second kappa shape index (κ2) is 3.88. The summed E-state index contributed by atoms with van der Waals surface area (Å²) in [6, 6.07) is 9.78. The Morgan fingerprint density at radius 1 is 1.21 bits per heavy atom. The summed E-state index contributed by atoms with van der Waals surface area (Å²) in [6.07, 6.45) is 2.03. The molecule has 0 aliphatic heterocycles. The van der Waals surface area contributed by atoms with Crippen molar-refractivity contribution in [1.82, 2.24) is 0 Å². The van der Waals surface area contributed by atoms with E-state index in [0.717, 1.165) is 20.8 Å². The van der Waals surface area contributed by atoms with Crippen molar-refractivity contribution in [2.75, 3.05) is 6.26 Å². The summed E-state index contributed by atoms with van der Waals surface area (Å²) >= 11 is 7.58. The molecule has 0 nitrogen and oxygen atoms in total. The van der Waals surface area contributed by atoms with Crippen LogP contribution in [-0.4, -0.2) is 14.1 Å². The zero-order valence-corrected chi connectivity index (χ0v) is 9.32. The minimum absolute atomic E-state index is 0.759. The minimum Gasteiger partial charge on any atom is -0.130 e. The van der Waals surface area contributed by atoms with Crippen molar-refractivity contribution in [2.24, 2.45) is 0 Å². The maximum atomic E-state index is 5.92. The Morgan fingerprint density at radius 3 is 2.71 bits per heavy atom. The molecule has 0 amide bonds. The predicted molar refractivity (Wildman–Crippen MR) is 66.1 cm³/mol. The zero-order valence-electron chi connectivity index (χ0n) is 7.75. The highest BCUT2D eigenvalue weighted by molar-refractivity contribution is 7.99. The van der Waals surface area contributed by atoms with Crippen LogP contribution in [0.15, 0.2) is 35.2 Å². The molecule has 0 N–H and O–H groups in total. The highest BCUT2D eigenvalue weighted by Crippen LogP contribution is 2.26. The Hall–Kier alpha value is -0.595. The van der Waals surface area contributed by atoms with Crippen LogP contribution in [-0.2, 0) is 0 Å². The molecule has 0 heterocycles. The van der Waals surface area contributed by atoms with Crippen molar-refractivity contribution in [3.8, 4) is 0 Å². The molecule has 0 saturated heterocycles. The van der Waals surface area contributed by atoms with Crippen LogP contribution < -0.4 is 5.46 Å². The van der Waals surface area contributed by atoms with Gasteiger partial charge in [0.15, 0.2) is 0 Å². The second-order valence-corrected chi connectivity index (χ2v) is 4.31. The first-order chi connectivity index (χ1) is 6.72. The zero-order chi connectivity index (χ0) is 10.1. The van der Waals surface area contributed by atoms with Crippen molar-refractivity contribution >= 4 is 47.4 Å². The van der Waals surface area contributed by atoms with E-state index in [1.807, 2.05) is 36.6 Å². The van der Waals surface area contributed by atoms with Crippen LogP contribution in [0.25, 0.3) is 10.8 Å². The van der Waals surface area contributed by atoms with Gasteiger partial charge in [0, 0.05) is 9.92 Å². The largest absolute Gasteiger partial charge is 0.130 e. The molecule has 0 unspecified atom stereocenters. The molecule has 0 saturated carbocycles. The first kappa shape index (κ1) is 9.94. The van der Waals surface area contributed by atoms with E-state index < -0.39 is 0 Å². The SMILES string of the molecule is [B]c1ccc2cc(Cl)ccc2c1SC. The maximum absolute atomic E-state index is 5.92. The molecule has 2 aromatic carbocycles. The molecule has 68 valence electrons. The number of fused-ring (bicyclic) bond motifs is 1. The highest BCUT2D eigenvalue weighted by atomic mass is 35.5. The first-order valence-corrected chi connectivity index (χ1v) is 5.84. The number of rotatable bonds is 1. The molecule has 0 bridgehead atoms. The van der Waals surface area contributed by atoms with E-state index in [0.29, 0.717) is 0 Å². The molecule has 0 aromatic heterocycles. The third kappa shape index (κ3) is 1.64. The fraction of sp³-hybridized carbons (Fsp3) is 0.0909. The van der Waals surface area contributed by atoms with Crippen molar-refractivity contribution in [1.29, 1.82) is 0 Å². The Balaban J connectivity index is 2.82. The molecule has 0 fully saturated rings. The van der Waals surface area contributed by atoms with Crippen LogP contribution in [0.4, 0.5) is 0 Å². The van der Waals surface area contributed by atoms with Gasteiger partial charge in [0.2, 0.25) is 0 Å². The molecule has 0 atom stereocenters. The van der Waals surface area contributed by atoms with Crippen LogP contribution in [0.2, 0.25) is 5.02 Å². The summed E-state index contributed by atoms with van der Waals surface area (Å²) in [6.45, 7) is 0. The van der Waals surface area contributed by atoms with Crippen LogP contribution in [0.1, 0.15) is 0 Å². The van der Waals surface area contributed by atoms with Crippen molar-refractivity contribution in [2.45, 2.75) is 4.90 Å². The van der Waals surface area contributed by atoms with E-state index in [2.05, 4.69) is 0 Å². The lowest BCUT2D eigenvalue weighted by atomic mass is 9.93. The Labute approximate surface area is 94.1 Å². The Bertz CT molecular complexity index is 482. The molecule has 2 aromatic rings. The number of benzene rings is 2. The van der Waals surface area contributed by atoms with Crippen molar-refractivity contribution < 1.29 is 0 Å². The Kier molecular flexibility index (Phi) is 2.75. The van der Waals surface area contributed by atoms with Gasteiger partial charge in [-0.3, -0.25) is 0 Å². The number of halogens is 1. The highest BCUT2D eigenvalue weighted by Gasteiger charge is 2.03. The van der Waals surface area contributed by atoms with Crippen molar-refractivity contribution in [3.63, 3.8) is 0 Å². The smallest absolute Gasteiger partial charge is 0.115 e. The number of thioether (sulfide) groups is 1. The molecule has 2 radical (unpaired) electrons. The lowest BCUT2D eigenvalue weighted by Gasteiger charge is -2.07. The van der Waals surface area contributed by atoms with Crippen molar-refractivity contribution in [3.05, 3.63) is 35.4 Å². The standard InChI is InChI=1S/C11H8BClS/c1-14-11-9-4-3-8(13)6-7(9)2-5-10(11)12/h2-6H,1H3. The Morgan fingerprint density at radius 2 is 2.00 bits per heavy atom. The van der Waals surface area contributed by atoms with Gasteiger partial charge in [-0.25, -0.2) is 0 Å². The molecular formula is C11H8BClS. The summed E-state index contributed by atoms with van der Waals surface area (Å²) in [5, 5.41) is 3.06. The fourth-order valence-corrected chi connectivity index (χ4v) is 2.41. The molecule has 0 spiro atoms. The van der Waals surface area contributed by atoms with E-state index >= 15 is 0 Å². The lowest BCUT2D eigenvalue weighted by Crippen LogP contribution is -2.05. The van der Waals surface area contributed by atoms with E-state index in [9.17, 15) is 0 Å². The second-order valence-electron chi connectivity index (χ2n) is 3.05. The van der Waals surface area contributed by atoms with Gasteiger partial charge >= 0.3 is 0 Å². The molecule has 14 heavy (non-hydrogen) atoms. The van der Waals surface area contributed by atoms with E-state index in [-0.39, 0.29) is 0 Å². The van der Waals surface area contributed by atoms with Crippen LogP contribution in [0, 0.1) is 0 Å². The molecule has 0 aliphatic carbocycles.